The molecule has 0 radical (unpaired) electrons. The Bertz CT molecular complexity index is 686. The molecule has 0 amide bonds. The van der Waals surface area contributed by atoms with Crippen molar-refractivity contribution in [3.8, 4) is 0 Å². The van der Waals surface area contributed by atoms with Gasteiger partial charge < -0.3 is 9.15 Å². The molecule has 0 atom stereocenters. The first kappa shape index (κ1) is 12.2. The van der Waals surface area contributed by atoms with Crippen molar-refractivity contribution < 1.29 is 13.9 Å². The van der Waals surface area contributed by atoms with Crippen molar-refractivity contribution in [2.24, 2.45) is 4.99 Å². The zero-order valence-electron chi connectivity index (χ0n) is 9.67. The molecule has 19 heavy (non-hydrogen) atoms. The summed E-state index contributed by atoms with van der Waals surface area (Å²) in [6.07, 6.45) is 3.20. The number of nitrogens with zero attached hydrogens (tertiary/aromatic N) is 1. The van der Waals surface area contributed by atoms with E-state index in [-0.39, 0.29) is 11.6 Å². The van der Waals surface area contributed by atoms with Crippen LogP contribution < -0.4 is 0 Å². The fourth-order valence-electron chi connectivity index (χ4n) is 1.67. The highest BCUT2D eigenvalue weighted by Crippen LogP contribution is 2.20. The fourth-order valence-corrected chi connectivity index (χ4v) is 2.24. The molecule has 5 heteroatoms. The van der Waals surface area contributed by atoms with E-state index in [4.69, 9.17) is 9.15 Å². The zero-order chi connectivity index (χ0) is 13.2. The van der Waals surface area contributed by atoms with Crippen molar-refractivity contribution in [3.05, 3.63) is 63.3 Å². The predicted octanol–water partition coefficient (Wildman–Crippen LogP) is 3.23. The minimum Gasteiger partial charge on any atom is -0.459 e. The highest BCUT2D eigenvalue weighted by Gasteiger charge is 2.25. The number of ether oxygens (including phenoxy) is 1. The third-order valence-corrected chi connectivity index (χ3v) is 3.18. The van der Waals surface area contributed by atoms with Crippen LogP contribution in [0.15, 0.2) is 57.8 Å². The van der Waals surface area contributed by atoms with Crippen molar-refractivity contribution in [3.63, 3.8) is 0 Å². The van der Waals surface area contributed by atoms with E-state index in [1.165, 1.54) is 6.26 Å². The summed E-state index contributed by atoms with van der Waals surface area (Å²) in [4.78, 5) is 15.9. The second-order valence-electron chi connectivity index (χ2n) is 3.87. The van der Waals surface area contributed by atoms with Crippen molar-refractivity contribution in [2.75, 3.05) is 0 Å². The molecule has 0 saturated heterocycles. The molecule has 4 nitrogen and oxygen atoms in total. The maximum Gasteiger partial charge on any atom is 0.363 e. The number of rotatable bonds is 2. The Kier molecular flexibility index (Phi) is 3.20. The van der Waals surface area contributed by atoms with Gasteiger partial charge in [0, 0.05) is 3.57 Å². The first-order chi connectivity index (χ1) is 9.22. The Balaban J connectivity index is 1.95. The molecule has 2 heterocycles. The van der Waals surface area contributed by atoms with Crippen LogP contribution >= 0.6 is 22.6 Å². The van der Waals surface area contributed by atoms with Gasteiger partial charge in [-0.3, -0.25) is 0 Å². The summed E-state index contributed by atoms with van der Waals surface area (Å²) >= 11 is 2.21. The molecule has 0 bridgehead atoms. The van der Waals surface area contributed by atoms with E-state index in [9.17, 15) is 4.79 Å². The number of halogens is 1. The summed E-state index contributed by atoms with van der Waals surface area (Å²) in [5.74, 6) is 0.177. The minimum absolute atomic E-state index is 0.201. The second kappa shape index (κ2) is 5.00. The summed E-state index contributed by atoms with van der Waals surface area (Å²) in [5.41, 5.74) is 1.18. The topological polar surface area (TPSA) is 51.8 Å². The van der Waals surface area contributed by atoms with Gasteiger partial charge in [-0.15, -0.1) is 0 Å². The summed E-state index contributed by atoms with van der Waals surface area (Å²) in [5, 5.41) is 0. The van der Waals surface area contributed by atoms with E-state index in [0.717, 1.165) is 9.13 Å². The number of carbonyl (C=O) groups is 1. The number of benzene rings is 1. The van der Waals surface area contributed by atoms with E-state index in [0.29, 0.717) is 5.76 Å². The number of cyclic esters (lactones) is 1. The van der Waals surface area contributed by atoms with E-state index in [2.05, 4.69) is 27.6 Å². The lowest BCUT2D eigenvalue weighted by Gasteiger charge is -1.94. The van der Waals surface area contributed by atoms with Gasteiger partial charge in [-0.05, 0) is 58.5 Å². The van der Waals surface area contributed by atoms with Crippen molar-refractivity contribution in [1.82, 2.24) is 0 Å². The molecule has 94 valence electrons. The Morgan fingerprint density at radius 3 is 2.84 bits per heavy atom. The quantitative estimate of drug-likeness (QED) is 0.467. The molecule has 0 spiro atoms. The number of hydrogen-bond donors (Lipinski definition) is 0. The van der Waals surface area contributed by atoms with Gasteiger partial charge in [0.2, 0.25) is 0 Å². The Hall–Kier alpha value is -1.89. The van der Waals surface area contributed by atoms with Crippen molar-refractivity contribution >= 4 is 40.5 Å². The van der Waals surface area contributed by atoms with E-state index in [1.54, 1.807) is 18.2 Å². The lowest BCUT2D eigenvalue weighted by atomic mass is 10.2. The number of hydrogen-bond acceptors (Lipinski definition) is 4. The third kappa shape index (κ3) is 2.60. The van der Waals surface area contributed by atoms with Gasteiger partial charge in [0.05, 0.1) is 6.26 Å². The number of furan rings is 1. The number of esters is 1. The Morgan fingerprint density at radius 2 is 2.11 bits per heavy atom. The highest BCUT2D eigenvalue weighted by atomic mass is 127. The van der Waals surface area contributed by atoms with E-state index < -0.39 is 5.97 Å². The van der Waals surface area contributed by atoms with Crippen LogP contribution in [-0.2, 0) is 9.53 Å². The molecular formula is C14H8INO3. The molecular weight excluding hydrogens is 357 g/mol. The number of carbonyl (C=O) groups excluding carboxylic acids is 1. The van der Waals surface area contributed by atoms with Gasteiger partial charge in [0.1, 0.15) is 0 Å². The lowest BCUT2D eigenvalue weighted by Crippen LogP contribution is -2.04. The SMILES string of the molecule is O=C1OC(c2ccco2)=N/C1=C\c1cccc(I)c1. The van der Waals surface area contributed by atoms with Crippen LogP contribution in [0.1, 0.15) is 11.3 Å². The average Bonchev–Trinajstić information content (AvgIpc) is 3.00. The van der Waals surface area contributed by atoms with Crippen LogP contribution in [0.3, 0.4) is 0 Å². The molecule has 0 saturated carbocycles. The van der Waals surface area contributed by atoms with Gasteiger partial charge in [0.25, 0.3) is 5.90 Å². The zero-order valence-corrected chi connectivity index (χ0v) is 11.8. The maximum absolute atomic E-state index is 11.7. The molecule has 0 N–H and O–H groups in total. The number of aliphatic imine (C=N–C) groups is 1. The molecule has 1 aromatic carbocycles. The van der Waals surface area contributed by atoms with Crippen molar-refractivity contribution in [1.29, 1.82) is 0 Å². The van der Waals surface area contributed by atoms with Crippen LogP contribution in [0.5, 0.6) is 0 Å². The fraction of sp³-hybridized carbons (Fsp3) is 0. The second-order valence-corrected chi connectivity index (χ2v) is 5.11. The van der Waals surface area contributed by atoms with E-state index >= 15 is 0 Å². The molecule has 0 fully saturated rings. The third-order valence-electron chi connectivity index (χ3n) is 2.50. The first-order valence-electron chi connectivity index (χ1n) is 5.54. The normalized spacial score (nSPS) is 16.6. The van der Waals surface area contributed by atoms with Crippen LogP contribution in [0.4, 0.5) is 0 Å². The van der Waals surface area contributed by atoms with Gasteiger partial charge >= 0.3 is 5.97 Å². The summed E-state index contributed by atoms with van der Waals surface area (Å²) in [6, 6.07) is 11.2. The smallest absolute Gasteiger partial charge is 0.363 e. The van der Waals surface area contributed by atoms with Gasteiger partial charge in [-0.2, -0.15) is 0 Å². The monoisotopic (exact) mass is 365 g/mol. The van der Waals surface area contributed by atoms with Gasteiger partial charge in [-0.1, -0.05) is 12.1 Å². The highest BCUT2D eigenvalue weighted by molar-refractivity contribution is 14.1. The molecule has 0 aliphatic carbocycles. The molecule has 1 aromatic heterocycles. The summed E-state index contributed by atoms with van der Waals surface area (Å²) < 4.78 is 11.3. The molecule has 1 aliphatic rings. The Labute approximate surface area is 122 Å². The van der Waals surface area contributed by atoms with Gasteiger partial charge in [-0.25, -0.2) is 9.79 Å². The van der Waals surface area contributed by atoms with Crippen LogP contribution in [-0.4, -0.2) is 11.9 Å². The summed E-state index contributed by atoms with van der Waals surface area (Å²) in [7, 11) is 0. The van der Waals surface area contributed by atoms with Crippen molar-refractivity contribution in [2.45, 2.75) is 0 Å². The van der Waals surface area contributed by atoms with Crippen LogP contribution in [0, 0.1) is 3.57 Å². The molecule has 3 rings (SSSR count). The average molecular weight is 365 g/mol. The predicted molar refractivity (Wildman–Crippen MR) is 78.5 cm³/mol. The standard InChI is InChI=1S/C14H8INO3/c15-10-4-1-3-9(7-10)8-11-14(17)19-13(16-11)12-5-2-6-18-12/h1-8H/b11-8-. The molecule has 2 aromatic rings. The lowest BCUT2D eigenvalue weighted by molar-refractivity contribution is -0.130. The van der Waals surface area contributed by atoms with Crippen LogP contribution in [0.2, 0.25) is 0 Å². The van der Waals surface area contributed by atoms with Gasteiger partial charge in [0.15, 0.2) is 11.5 Å². The maximum atomic E-state index is 11.7. The van der Waals surface area contributed by atoms with E-state index in [1.807, 2.05) is 24.3 Å². The summed E-state index contributed by atoms with van der Waals surface area (Å²) in [6.45, 7) is 0. The Morgan fingerprint density at radius 1 is 1.21 bits per heavy atom. The van der Waals surface area contributed by atoms with Crippen LogP contribution in [0.25, 0.3) is 6.08 Å². The minimum atomic E-state index is -0.467. The molecule has 0 unspecified atom stereocenters. The molecule has 1 aliphatic heterocycles. The largest absolute Gasteiger partial charge is 0.459 e. The first-order valence-corrected chi connectivity index (χ1v) is 6.62.